The lowest BCUT2D eigenvalue weighted by Gasteiger charge is -2.45. The van der Waals surface area contributed by atoms with Crippen molar-refractivity contribution in [2.24, 2.45) is 5.92 Å². The Labute approximate surface area is 232 Å². The first-order chi connectivity index (χ1) is 19.1. The number of rotatable bonds is 8. The fourth-order valence-electron chi connectivity index (χ4n) is 5.66. The van der Waals surface area contributed by atoms with Crippen molar-refractivity contribution in [2.75, 3.05) is 6.61 Å². The van der Waals surface area contributed by atoms with Gasteiger partial charge in [0.2, 0.25) is 12.4 Å². The fraction of sp³-hybridized carbons (Fsp3) is 0.344. The summed E-state index contributed by atoms with van der Waals surface area (Å²) in [5, 5.41) is 6.30. The lowest BCUT2D eigenvalue weighted by molar-refractivity contribution is -0.273. The molecule has 0 aliphatic carbocycles. The quantitative estimate of drug-likeness (QED) is 0.121. The van der Waals surface area contributed by atoms with Crippen LogP contribution in [0.3, 0.4) is 0 Å². The molecule has 5 atom stereocenters. The molecule has 0 aromatic heterocycles. The minimum absolute atomic E-state index is 0.101. The van der Waals surface area contributed by atoms with Crippen LogP contribution in [0, 0.1) is 5.92 Å². The van der Waals surface area contributed by atoms with Gasteiger partial charge in [0.25, 0.3) is 0 Å². The average Bonchev–Trinajstić information content (AvgIpc) is 2.89. The van der Waals surface area contributed by atoms with Gasteiger partial charge in [0.1, 0.15) is 18.5 Å². The number of hydrogen-bond acceptors (Lipinski definition) is 8. The molecule has 1 heterocycles. The monoisotopic (exact) mass is 544 g/mol. The molecule has 208 valence electrons. The minimum atomic E-state index is -1.16. The normalized spacial score (nSPS) is 22.8. The molecule has 4 aromatic rings. The number of carbonyl (C=O) groups is 3. The summed E-state index contributed by atoms with van der Waals surface area (Å²) >= 11 is 0. The number of esters is 3. The highest BCUT2D eigenvalue weighted by Gasteiger charge is 2.51. The van der Waals surface area contributed by atoms with Gasteiger partial charge in [0, 0.05) is 37.5 Å². The highest BCUT2D eigenvalue weighted by atomic mass is 16.7. The molecule has 0 bridgehead atoms. The number of hydrogen-bond donors (Lipinski definition) is 0. The maximum atomic E-state index is 12.2. The molecule has 5 unspecified atom stereocenters. The van der Waals surface area contributed by atoms with E-state index in [1.807, 2.05) is 37.3 Å². The summed E-state index contributed by atoms with van der Waals surface area (Å²) in [4.78, 5) is 36.2. The Hall–Kier alpha value is -4.17. The summed E-state index contributed by atoms with van der Waals surface area (Å²) in [7, 11) is 0. The van der Waals surface area contributed by atoms with Crippen LogP contribution >= 0.6 is 0 Å². The maximum absolute atomic E-state index is 12.2. The van der Waals surface area contributed by atoms with E-state index >= 15 is 0 Å². The van der Waals surface area contributed by atoms with Crippen molar-refractivity contribution in [3.05, 3.63) is 66.7 Å². The van der Waals surface area contributed by atoms with E-state index in [2.05, 4.69) is 30.8 Å². The smallest absolute Gasteiger partial charge is 0.303 e. The van der Waals surface area contributed by atoms with Crippen LogP contribution in [0.4, 0.5) is 0 Å². The SMILES string of the molecule is C=C(C)CC1C(COC(C)=O)OC(Oc2ccc3ccc4cccc5ccc2c3c45)C(OC(C)=O)C1OC(C)=O. The molecule has 4 aromatic carbocycles. The van der Waals surface area contributed by atoms with Crippen molar-refractivity contribution in [1.82, 2.24) is 0 Å². The Balaban J connectivity index is 1.60. The topological polar surface area (TPSA) is 97.4 Å². The second-order valence-electron chi connectivity index (χ2n) is 10.4. The van der Waals surface area contributed by atoms with Crippen molar-refractivity contribution in [2.45, 2.75) is 58.7 Å². The molecule has 8 nitrogen and oxygen atoms in total. The molecule has 0 saturated carbocycles. The molecule has 1 aliphatic rings. The number of ether oxygens (including phenoxy) is 5. The van der Waals surface area contributed by atoms with Gasteiger partial charge in [-0.15, -0.1) is 6.58 Å². The molecule has 0 amide bonds. The van der Waals surface area contributed by atoms with E-state index in [1.165, 1.54) is 20.8 Å². The Morgan fingerprint density at radius 3 is 2.00 bits per heavy atom. The lowest BCUT2D eigenvalue weighted by Crippen LogP contribution is -2.60. The van der Waals surface area contributed by atoms with Crippen LogP contribution in [0.1, 0.15) is 34.1 Å². The van der Waals surface area contributed by atoms with Gasteiger partial charge in [0.05, 0.1) is 0 Å². The van der Waals surface area contributed by atoms with Crippen LogP contribution in [0.25, 0.3) is 32.3 Å². The second-order valence-corrected chi connectivity index (χ2v) is 10.4. The van der Waals surface area contributed by atoms with Crippen LogP contribution in [0.5, 0.6) is 5.75 Å². The van der Waals surface area contributed by atoms with E-state index in [4.69, 9.17) is 23.7 Å². The molecule has 1 fully saturated rings. The summed E-state index contributed by atoms with van der Waals surface area (Å²) in [6, 6.07) is 18.2. The highest BCUT2D eigenvalue weighted by Crippen LogP contribution is 2.41. The molecule has 40 heavy (non-hydrogen) atoms. The molecule has 8 heteroatoms. The highest BCUT2D eigenvalue weighted by molar-refractivity contribution is 6.24. The van der Waals surface area contributed by atoms with Crippen molar-refractivity contribution in [1.29, 1.82) is 0 Å². The molecular formula is C32H32O8. The lowest BCUT2D eigenvalue weighted by atomic mass is 9.84. The van der Waals surface area contributed by atoms with Crippen LogP contribution in [-0.2, 0) is 33.3 Å². The standard InChI is InChI=1S/C32H32O8/c1-17(2)15-25-27(16-36-18(3)33)40-32(31(38-20(5)35)30(25)37-19(4)34)39-26-14-12-23-10-9-21-7-6-8-22-11-13-24(26)29(23)28(21)22/h6-14,25,27,30-32H,1,15-16H2,2-5H3. The van der Waals surface area contributed by atoms with E-state index < -0.39 is 48.4 Å². The Kier molecular flexibility index (Phi) is 7.63. The second kappa shape index (κ2) is 11.1. The third kappa shape index (κ3) is 5.45. The summed E-state index contributed by atoms with van der Waals surface area (Å²) < 4.78 is 29.6. The summed E-state index contributed by atoms with van der Waals surface area (Å²) in [6.45, 7) is 9.60. The molecule has 1 aliphatic heterocycles. The van der Waals surface area contributed by atoms with Crippen molar-refractivity contribution in [3.8, 4) is 5.75 Å². The molecule has 0 radical (unpaired) electrons. The van der Waals surface area contributed by atoms with Crippen molar-refractivity contribution >= 4 is 50.2 Å². The molecule has 5 rings (SSSR count). The van der Waals surface area contributed by atoms with Crippen LogP contribution in [0.2, 0.25) is 0 Å². The molecular weight excluding hydrogens is 512 g/mol. The third-order valence-corrected chi connectivity index (χ3v) is 7.17. The van der Waals surface area contributed by atoms with Gasteiger partial charge in [-0.2, -0.15) is 0 Å². The largest absolute Gasteiger partial charge is 0.463 e. The average molecular weight is 545 g/mol. The van der Waals surface area contributed by atoms with Gasteiger partial charge >= 0.3 is 17.9 Å². The Bertz CT molecular complexity index is 1570. The van der Waals surface area contributed by atoms with Crippen LogP contribution in [0.15, 0.2) is 66.7 Å². The van der Waals surface area contributed by atoms with Gasteiger partial charge in [0.15, 0.2) is 6.10 Å². The third-order valence-electron chi connectivity index (χ3n) is 7.17. The van der Waals surface area contributed by atoms with E-state index in [0.29, 0.717) is 12.2 Å². The van der Waals surface area contributed by atoms with E-state index in [0.717, 1.165) is 37.9 Å². The predicted molar refractivity (Wildman–Crippen MR) is 150 cm³/mol. The molecule has 1 saturated heterocycles. The zero-order valence-corrected chi connectivity index (χ0v) is 23.0. The Morgan fingerprint density at radius 2 is 1.38 bits per heavy atom. The zero-order valence-electron chi connectivity index (χ0n) is 23.0. The van der Waals surface area contributed by atoms with Gasteiger partial charge in [-0.05, 0) is 47.0 Å². The number of allylic oxidation sites excluding steroid dienone is 1. The van der Waals surface area contributed by atoms with Gasteiger partial charge < -0.3 is 23.7 Å². The minimum Gasteiger partial charge on any atom is -0.463 e. The number of benzene rings is 4. The van der Waals surface area contributed by atoms with E-state index in [-0.39, 0.29) is 6.61 Å². The predicted octanol–water partition coefficient (Wildman–Crippen LogP) is 5.70. The summed E-state index contributed by atoms with van der Waals surface area (Å²) in [6.07, 6.45) is -3.52. The van der Waals surface area contributed by atoms with Crippen LogP contribution < -0.4 is 4.74 Å². The summed E-state index contributed by atoms with van der Waals surface area (Å²) in [5.41, 5.74) is 0.797. The fourth-order valence-corrected chi connectivity index (χ4v) is 5.66. The van der Waals surface area contributed by atoms with Crippen molar-refractivity contribution < 1.29 is 38.1 Å². The van der Waals surface area contributed by atoms with E-state index in [1.54, 1.807) is 0 Å². The van der Waals surface area contributed by atoms with Gasteiger partial charge in [-0.1, -0.05) is 48.0 Å². The molecule has 0 spiro atoms. The Morgan fingerprint density at radius 1 is 0.775 bits per heavy atom. The first-order valence-corrected chi connectivity index (χ1v) is 13.2. The zero-order chi connectivity index (χ0) is 28.6. The van der Waals surface area contributed by atoms with Gasteiger partial charge in [-0.3, -0.25) is 14.4 Å². The van der Waals surface area contributed by atoms with Gasteiger partial charge in [-0.25, -0.2) is 0 Å². The number of carbonyl (C=O) groups excluding carboxylic acids is 3. The first kappa shape index (κ1) is 27.4. The first-order valence-electron chi connectivity index (χ1n) is 13.2. The maximum Gasteiger partial charge on any atom is 0.303 e. The van der Waals surface area contributed by atoms with E-state index in [9.17, 15) is 14.4 Å². The van der Waals surface area contributed by atoms with Crippen molar-refractivity contribution in [3.63, 3.8) is 0 Å². The van der Waals surface area contributed by atoms with Crippen LogP contribution in [-0.4, -0.2) is 49.1 Å². The molecule has 0 N–H and O–H groups in total. The summed E-state index contributed by atoms with van der Waals surface area (Å²) in [5.74, 6) is -1.61.